The number of anilines is 1. The molecule has 0 saturated carbocycles. The number of amides is 2. The van der Waals surface area contributed by atoms with E-state index in [0.717, 1.165) is 11.1 Å². The first-order chi connectivity index (χ1) is 14.6. The molecule has 0 unspecified atom stereocenters. The Balaban J connectivity index is 1.67. The molecule has 3 aromatic carbocycles. The van der Waals surface area contributed by atoms with Crippen LogP contribution in [-0.4, -0.2) is 25.2 Å². The van der Waals surface area contributed by atoms with Crippen molar-refractivity contribution in [1.82, 2.24) is 5.32 Å². The van der Waals surface area contributed by atoms with Crippen molar-refractivity contribution in [3.63, 3.8) is 0 Å². The Hall–Kier alpha value is -3.80. The molecule has 2 amide bonds. The van der Waals surface area contributed by atoms with E-state index in [-0.39, 0.29) is 12.5 Å². The Morgan fingerprint density at radius 1 is 0.867 bits per heavy atom. The van der Waals surface area contributed by atoms with Gasteiger partial charge in [-0.2, -0.15) is 0 Å². The Morgan fingerprint density at radius 3 is 2.20 bits per heavy atom. The van der Waals surface area contributed by atoms with Crippen LogP contribution < -0.4 is 15.4 Å². The summed E-state index contributed by atoms with van der Waals surface area (Å²) in [4.78, 5) is 25.2. The van der Waals surface area contributed by atoms with E-state index in [9.17, 15) is 9.59 Å². The zero-order chi connectivity index (χ0) is 21.2. The number of hydrogen-bond acceptors (Lipinski definition) is 4. The predicted octanol–water partition coefficient (Wildman–Crippen LogP) is 4.17. The van der Waals surface area contributed by atoms with E-state index in [1.807, 2.05) is 60.7 Å². The molecule has 0 fully saturated rings. The van der Waals surface area contributed by atoms with Gasteiger partial charge in [0.05, 0.1) is 7.11 Å². The van der Waals surface area contributed by atoms with Gasteiger partial charge in [-0.3, -0.25) is 4.79 Å². The fourth-order valence-electron chi connectivity index (χ4n) is 2.90. The lowest BCUT2D eigenvalue weighted by molar-refractivity contribution is -0.118. The van der Waals surface area contributed by atoms with Crippen molar-refractivity contribution in [2.75, 3.05) is 12.4 Å². The highest BCUT2D eigenvalue weighted by Gasteiger charge is 2.22. The van der Waals surface area contributed by atoms with E-state index in [1.165, 1.54) is 0 Å². The van der Waals surface area contributed by atoms with Gasteiger partial charge in [0.1, 0.15) is 18.4 Å². The Labute approximate surface area is 175 Å². The minimum atomic E-state index is -0.804. The van der Waals surface area contributed by atoms with E-state index in [0.29, 0.717) is 17.9 Å². The maximum absolute atomic E-state index is 12.9. The molecule has 1 atom stereocenters. The molecule has 0 bridgehead atoms. The lowest BCUT2D eigenvalue weighted by Crippen LogP contribution is -2.45. The third-order valence-electron chi connectivity index (χ3n) is 4.44. The minimum absolute atomic E-state index is 0.127. The Kier molecular flexibility index (Phi) is 7.44. The van der Waals surface area contributed by atoms with Crippen LogP contribution in [0.5, 0.6) is 5.75 Å². The number of carbonyl (C=O) groups is 2. The second kappa shape index (κ2) is 10.7. The summed E-state index contributed by atoms with van der Waals surface area (Å²) in [6.45, 7) is 0.127. The fraction of sp³-hybridized carbons (Fsp3) is 0.167. The molecule has 2 N–H and O–H groups in total. The molecule has 0 aliphatic rings. The van der Waals surface area contributed by atoms with E-state index in [2.05, 4.69) is 10.6 Å². The summed E-state index contributed by atoms with van der Waals surface area (Å²) in [5.41, 5.74) is 2.37. The van der Waals surface area contributed by atoms with E-state index in [4.69, 9.17) is 9.47 Å². The van der Waals surface area contributed by atoms with Crippen molar-refractivity contribution < 1.29 is 19.1 Å². The smallest absolute Gasteiger partial charge is 0.408 e. The molecule has 0 spiro atoms. The van der Waals surface area contributed by atoms with Crippen LogP contribution in [0.15, 0.2) is 84.9 Å². The Bertz CT molecular complexity index is 961. The van der Waals surface area contributed by atoms with Crippen LogP contribution in [-0.2, 0) is 22.6 Å². The van der Waals surface area contributed by atoms with Crippen LogP contribution in [0.25, 0.3) is 0 Å². The lowest BCUT2D eigenvalue weighted by atomic mass is 10.1. The number of alkyl carbamates (subject to hydrolysis) is 1. The summed E-state index contributed by atoms with van der Waals surface area (Å²) in [6.07, 6.45) is -0.322. The standard InChI is InChI=1S/C24H24N2O4/c1-29-21-14-8-13-20(16-21)25-23(27)22(15-18-9-4-2-5-10-18)26-24(28)30-17-19-11-6-3-7-12-19/h2-14,16,22H,15,17H2,1H3,(H,25,27)(H,26,28)/t22-/m0/s1. The first kappa shape index (κ1) is 20.9. The molecule has 0 heterocycles. The highest BCUT2D eigenvalue weighted by molar-refractivity contribution is 5.96. The molecule has 154 valence electrons. The molecule has 3 aromatic rings. The third kappa shape index (κ3) is 6.38. The molecule has 6 nitrogen and oxygen atoms in total. The molecular formula is C24H24N2O4. The predicted molar refractivity (Wildman–Crippen MR) is 115 cm³/mol. The maximum atomic E-state index is 12.9. The highest BCUT2D eigenvalue weighted by Crippen LogP contribution is 2.17. The number of hydrogen-bond donors (Lipinski definition) is 2. The van der Waals surface area contributed by atoms with Crippen molar-refractivity contribution in [2.45, 2.75) is 19.1 Å². The summed E-state index contributed by atoms with van der Waals surface area (Å²) in [7, 11) is 1.56. The highest BCUT2D eigenvalue weighted by atomic mass is 16.5. The second-order valence-electron chi connectivity index (χ2n) is 6.67. The van der Waals surface area contributed by atoms with Crippen LogP contribution in [0.1, 0.15) is 11.1 Å². The Morgan fingerprint density at radius 2 is 1.53 bits per heavy atom. The van der Waals surface area contributed by atoms with Crippen molar-refractivity contribution in [3.8, 4) is 5.75 Å². The third-order valence-corrected chi connectivity index (χ3v) is 4.44. The summed E-state index contributed by atoms with van der Waals surface area (Å²) in [5, 5.41) is 5.51. The second-order valence-corrected chi connectivity index (χ2v) is 6.67. The quantitative estimate of drug-likeness (QED) is 0.591. The zero-order valence-electron chi connectivity index (χ0n) is 16.7. The van der Waals surface area contributed by atoms with Crippen LogP contribution in [0.3, 0.4) is 0 Å². The van der Waals surface area contributed by atoms with Crippen LogP contribution in [0, 0.1) is 0 Å². The number of rotatable bonds is 8. The van der Waals surface area contributed by atoms with Gasteiger partial charge in [-0.25, -0.2) is 4.79 Å². The van der Waals surface area contributed by atoms with Crippen LogP contribution >= 0.6 is 0 Å². The summed E-state index contributed by atoms with van der Waals surface area (Å²) in [6, 6.07) is 25.1. The largest absolute Gasteiger partial charge is 0.497 e. The average Bonchev–Trinajstić information content (AvgIpc) is 2.79. The number of ether oxygens (including phenoxy) is 2. The number of carbonyl (C=O) groups excluding carboxylic acids is 2. The van der Waals surface area contributed by atoms with Gasteiger partial charge in [0.15, 0.2) is 0 Å². The van der Waals surface area contributed by atoms with Crippen LogP contribution in [0.2, 0.25) is 0 Å². The van der Waals surface area contributed by atoms with Gasteiger partial charge in [-0.05, 0) is 23.3 Å². The molecule has 0 saturated heterocycles. The van der Waals surface area contributed by atoms with E-state index < -0.39 is 12.1 Å². The van der Waals surface area contributed by atoms with Gasteiger partial charge in [-0.1, -0.05) is 66.7 Å². The van der Waals surface area contributed by atoms with Gasteiger partial charge in [0, 0.05) is 18.2 Å². The molecule has 3 rings (SSSR count). The van der Waals surface area contributed by atoms with Crippen LogP contribution in [0.4, 0.5) is 10.5 Å². The number of benzene rings is 3. The molecule has 6 heteroatoms. The number of methoxy groups -OCH3 is 1. The fourth-order valence-corrected chi connectivity index (χ4v) is 2.90. The van der Waals surface area contributed by atoms with Crippen molar-refractivity contribution in [1.29, 1.82) is 0 Å². The summed E-state index contributed by atoms with van der Waals surface area (Å²) >= 11 is 0. The minimum Gasteiger partial charge on any atom is -0.497 e. The molecule has 0 aliphatic heterocycles. The van der Waals surface area contributed by atoms with Gasteiger partial charge in [0.25, 0.3) is 0 Å². The molecule has 0 aromatic heterocycles. The zero-order valence-corrected chi connectivity index (χ0v) is 16.7. The average molecular weight is 404 g/mol. The number of nitrogens with one attached hydrogen (secondary N) is 2. The molecule has 30 heavy (non-hydrogen) atoms. The van der Waals surface area contributed by atoms with Crippen molar-refractivity contribution in [2.24, 2.45) is 0 Å². The summed E-state index contributed by atoms with van der Waals surface area (Å²) in [5.74, 6) is 0.284. The van der Waals surface area contributed by atoms with E-state index >= 15 is 0 Å². The van der Waals surface area contributed by atoms with Crippen molar-refractivity contribution in [3.05, 3.63) is 96.1 Å². The van der Waals surface area contributed by atoms with E-state index in [1.54, 1.807) is 31.4 Å². The molecular weight excluding hydrogens is 380 g/mol. The van der Waals surface area contributed by atoms with Gasteiger partial charge in [0.2, 0.25) is 5.91 Å². The van der Waals surface area contributed by atoms with Gasteiger partial charge in [-0.15, -0.1) is 0 Å². The molecule has 0 aliphatic carbocycles. The topological polar surface area (TPSA) is 76.7 Å². The molecule has 0 radical (unpaired) electrons. The maximum Gasteiger partial charge on any atom is 0.408 e. The van der Waals surface area contributed by atoms with Crippen molar-refractivity contribution >= 4 is 17.7 Å². The normalized spacial score (nSPS) is 11.2. The van der Waals surface area contributed by atoms with Gasteiger partial charge >= 0.3 is 6.09 Å². The van der Waals surface area contributed by atoms with Gasteiger partial charge < -0.3 is 20.1 Å². The lowest BCUT2D eigenvalue weighted by Gasteiger charge is -2.19. The SMILES string of the molecule is COc1cccc(NC(=O)[C@H](Cc2ccccc2)NC(=O)OCc2ccccc2)c1. The first-order valence-corrected chi connectivity index (χ1v) is 9.60. The monoisotopic (exact) mass is 404 g/mol. The first-order valence-electron chi connectivity index (χ1n) is 9.60. The summed E-state index contributed by atoms with van der Waals surface area (Å²) < 4.78 is 10.5.